The molecule has 1 aromatic rings. The van der Waals surface area contributed by atoms with Gasteiger partial charge in [0.2, 0.25) is 0 Å². The van der Waals surface area contributed by atoms with Gasteiger partial charge in [-0.3, -0.25) is 4.90 Å². The van der Waals surface area contributed by atoms with Crippen molar-refractivity contribution in [3.63, 3.8) is 0 Å². The van der Waals surface area contributed by atoms with Gasteiger partial charge in [0.25, 0.3) is 0 Å². The van der Waals surface area contributed by atoms with E-state index in [2.05, 4.69) is 16.9 Å². The Kier molecular flexibility index (Phi) is 3.34. The summed E-state index contributed by atoms with van der Waals surface area (Å²) in [6.07, 6.45) is 2.78. The number of hydrogen-bond donors (Lipinski definition) is 0. The number of likely N-dealkylation sites (N-methyl/N-ethyl adjacent to an activating group) is 1. The molecule has 1 aliphatic heterocycles. The zero-order chi connectivity index (χ0) is 10.8. The fourth-order valence-electron chi connectivity index (χ4n) is 1.46. The van der Waals surface area contributed by atoms with Crippen LogP contribution in [-0.2, 0) is 0 Å². The van der Waals surface area contributed by atoms with Gasteiger partial charge in [-0.05, 0) is 20.0 Å². The minimum atomic E-state index is 0.310. The Morgan fingerprint density at radius 1 is 1.60 bits per heavy atom. The number of halogens is 2. The smallest absolute Gasteiger partial charge is 0.147 e. The molecule has 2 rings (SSSR count). The predicted octanol–water partition coefficient (Wildman–Crippen LogP) is 2.47. The highest BCUT2D eigenvalue weighted by Gasteiger charge is 2.24. The largest absolute Gasteiger partial charge is 0.490 e. The highest BCUT2D eigenvalue weighted by atomic mass is 35.5. The Morgan fingerprint density at radius 3 is 2.93 bits per heavy atom. The van der Waals surface area contributed by atoms with Crippen LogP contribution in [0.3, 0.4) is 0 Å². The van der Waals surface area contributed by atoms with E-state index in [1.54, 1.807) is 12.3 Å². The van der Waals surface area contributed by atoms with Gasteiger partial charge in [-0.25, -0.2) is 4.98 Å². The summed E-state index contributed by atoms with van der Waals surface area (Å²) in [4.78, 5) is 6.17. The van der Waals surface area contributed by atoms with Gasteiger partial charge in [0, 0.05) is 12.1 Å². The Hall–Kier alpha value is -0.510. The number of ether oxygens (including phenoxy) is 1. The molecule has 2 heterocycles. The number of aromatic nitrogens is 1. The molecule has 0 amide bonds. The van der Waals surface area contributed by atoms with E-state index < -0.39 is 0 Å². The quantitative estimate of drug-likeness (QED) is 0.767. The maximum absolute atomic E-state index is 5.82. The van der Waals surface area contributed by atoms with Crippen molar-refractivity contribution in [3.05, 3.63) is 22.4 Å². The molecular formula is C10H12Cl2N2O. The first-order chi connectivity index (χ1) is 7.16. The summed E-state index contributed by atoms with van der Waals surface area (Å²) in [5, 5.41) is 0.737. The lowest BCUT2D eigenvalue weighted by Gasteiger charge is -2.37. The molecule has 1 fully saturated rings. The molecular weight excluding hydrogens is 235 g/mol. The monoisotopic (exact) mass is 246 g/mol. The molecule has 5 heteroatoms. The average Bonchev–Trinajstić information content (AvgIpc) is 2.21. The molecule has 0 N–H and O–H groups in total. The zero-order valence-electron chi connectivity index (χ0n) is 8.41. The van der Waals surface area contributed by atoms with E-state index in [9.17, 15) is 0 Å². The second-order valence-electron chi connectivity index (χ2n) is 3.68. The van der Waals surface area contributed by atoms with Crippen molar-refractivity contribution >= 4 is 23.2 Å². The van der Waals surface area contributed by atoms with E-state index >= 15 is 0 Å². The molecule has 1 aliphatic rings. The summed E-state index contributed by atoms with van der Waals surface area (Å²) in [6.45, 7) is 1.82. The Balaban J connectivity index is 1.90. The molecule has 0 radical (unpaired) electrons. The molecule has 1 atom stereocenters. The van der Waals surface area contributed by atoms with Gasteiger partial charge in [-0.15, -0.1) is 0 Å². The van der Waals surface area contributed by atoms with Crippen molar-refractivity contribution in [1.82, 2.24) is 9.88 Å². The first-order valence-corrected chi connectivity index (χ1v) is 5.56. The van der Waals surface area contributed by atoms with E-state index in [4.69, 9.17) is 27.9 Å². The number of nitrogens with zero attached hydrogens (tertiary/aromatic N) is 2. The lowest BCUT2D eigenvalue weighted by Crippen LogP contribution is -2.48. The molecule has 0 aliphatic carbocycles. The maximum Gasteiger partial charge on any atom is 0.147 e. The van der Waals surface area contributed by atoms with Crippen LogP contribution in [0.1, 0.15) is 6.42 Å². The van der Waals surface area contributed by atoms with E-state index in [0.29, 0.717) is 28.6 Å². The van der Waals surface area contributed by atoms with Crippen LogP contribution in [0.4, 0.5) is 0 Å². The lowest BCUT2D eigenvalue weighted by atomic mass is 10.1. The fourth-order valence-corrected chi connectivity index (χ4v) is 1.72. The van der Waals surface area contributed by atoms with Gasteiger partial charge in [-0.1, -0.05) is 23.2 Å². The van der Waals surface area contributed by atoms with E-state index in [1.807, 2.05) is 0 Å². The summed E-state index contributed by atoms with van der Waals surface area (Å²) in [5.74, 6) is 0.671. The normalized spacial score (nSPS) is 21.1. The SMILES string of the molecule is CN1CC[C@@H]1COc1cnc(Cl)c(Cl)c1. The third-order valence-electron chi connectivity index (χ3n) is 2.65. The van der Waals surface area contributed by atoms with Gasteiger partial charge in [0.15, 0.2) is 0 Å². The van der Waals surface area contributed by atoms with Crippen LogP contribution >= 0.6 is 23.2 Å². The third kappa shape index (κ3) is 2.54. The molecule has 1 aromatic heterocycles. The summed E-state index contributed by atoms with van der Waals surface area (Å²) in [6, 6.07) is 2.20. The molecule has 82 valence electrons. The molecule has 0 spiro atoms. The highest BCUT2D eigenvalue weighted by molar-refractivity contribution is 6.41. The number of rotatable bonds is 3. The molecule has 0 bridgehead atoms. The van der Waals surface area contributed by atoms with E-state index in [1.165, 1.54) is 6.42 Å². The highest BCUT2D eigenvalue weighted by Crippen LogP contribution is 2.24. The first kappa shape index (κ1) is 11.0. The van der Waals surface area contributed by atoms with E-state index in [-0.39, 0.29) is 0 Å². The summed E-state index contributed by atoms with van der Waals surface area (Å²) in [7, 11) is 2.09. The molecule has 15 heavy (non-hydrogen) atoms. The summed E-state index contributed by atoms with van der Waals surface area (Å²) < 4.78 is 5.57. The van der Waals surface area contributed by atoms with Crippen LogP contribution in [0.15, 0.2) is 12.3 Å². The van der Waals surface area contributed by atoms with Gasteiger partial charge in [0.1, 0.15) is 17.5 Å². The topological polar surface area (TPSA) is 25.4 Å². The van der Waals surface area contributed by atoms with Gasteiger partial charge in [0.05, 0.1) is 11.2 Å². The van der Waals surface area contributed by atoms with Crippen LogP contribution in [0, 0.1) is 0 Å². The van der Waals surface area contributed by atoms with Crippen molar-refractivity contribution in [2.45, 2.75) is 12.5 Å². The lowest BCUT2D eigenvalue weighted by molar-refractivity contribution is 0.0767. The van der Waals surface area contributed by atoms with Gasteiger partial charge < -0.3 is 4.74 Å². The molecule has 3 nitrogen and oxygen atoms in total. The fraction of sp³-hybridized carbons (Fsp3) is 0.500. The van der Waals surface area contributed by atoms with Crippen molar-refractivity contribution in [2.24, 2.45) is 0 Å². The van der Waals surface area contributed by atoms with Crippen LogP contribution in [-0.4, -0.2) is 36.1 Å². The van der Waals surface area contributed by atoms with Gasteiger partial charge >= 0.3 is 0 Å². The molecule has 0 saturated carbocycles. The zero-order valence-corrected chi connectivity index (χ0v) is 9.92. The van der Waals surface area contributed by atoms with Crippen LogP contribution in [0.25, 0.3) is 0 Å². The molecule has 1 saturated heterocycles. The molecule has 0 aromatic carbocycles. The minimum absolute atomic E-state index is 0.310. The van der Waals surface area contributed by atoms with Crippen molar-refractivity contribution in [2.75, 3.05) is 20.2 Å². The standard InChI is InChI=1S/C10H12Cl2N2O/c1-14-3-2-7(14)6-15-8-4-9(11)10(12)13-5-8/h4-5,7H,2-3,6H2,1H3/t7-/m1/s1. The minimum Gasteiger partial charge on any atom is -0.490 e. The third-order valence-corrected chi connectivity index (χ3v) is 3.34. The second kappa shape index (κ2) is 4.56. The van der Waals surface area contributed by atoms with Crippen molar-refractivity contribution < 1.29 is 4.74 Å². The second-order valence-corrected chi connectivity index (χ2v) is 4.44. The Labute approximate surface area is 98.9 Å². The number of hydrogen-bond acceptors (Lipinski definition) is 3. The summed E-state index contributed by atoms with van der Waals surface area (Å²) >= 11 is 11.5. The first-order valence-electron chi connectivity index (χ1n) is 4.81. The van der Waals surface area contributed by atoms with Crippen LogP contribution in [0.5, 0.6) is 5.75 Å². The Morgan fingerprint density at radius 2 is 2.40 bits per heavy atom. The molecule has 0 unspecified atom stereocenters. The summed E-state index contributed by atoms with van der Waals surface area (Å²) in [5.41, 5.74) is 0. The maximum atomic E-state index is 5.82. The predicted molar refractivity (Wildman–Crippen MR) is 60.8 cm³/mol. The van der Waals surface area contributed by atoms with Crippen LogP contribution < -0.4 is 4.74 Å². The van der Waals surface area contributed by atoms with Gasteiger partial charge in [-0.2, -0.15) is 0 Å². The number of pyridine rings is 1. The van der Waals surface area contributed by atoms with Crippen molar-refractivity contribution in [3.8, 4) is 5.75 Å². The van der Waals surface area contributed by atoms with E-state index in [0.717, 1.165) is 6.54 Å². The Bertz CT molecular complexity index is 359. The number of likely N-dealkylation sites (tertiary alicyclic amines) is 1. The average molecular weight is 247 g/mol. The van der Waals surface area contributed by atoms with Crippen molar-refractivity contribution in [1.29, 1.82) is 0 Å². The van der Waals surface area contributed by atoms with Crippen LogP contribution in [0.2, 0.25) is 10.2 Å².